The number of nitrogens with zero attached hydrogens (tertiary/aromatic N) is 1. The molecule has 0 saturated carbocycles. The molecule has 3 rings (SSSR count). The highest BCUT2D eigenvalue weighted by molar-refractivity contribution is 6.30. The molecule has 1 amide bonds. The van der Waals surface area contributed by atoms with E-state index in [-0.39, 0.29) is 12.1 Å². The fourth-order valence-electron chi connectivity index (χ4n) is 2.82. The molecule has 2 aromatic carbocycles. The van der Waals surface area contributed by atoms with Gasteiger partial charge in [0.05, 0.1) is 25.3 Å². The molecule has 0 bridgehead atoms. The maximum absolute atomic E-state index is 12.7. The molecule has 150 valence electrons. The lowest BCUT2D eigenvalue weighted by atomic mass is 10.0. The number of hydrogen-bond donors (Lipinski definition) is 3. The molecule has 0 saturated heterocycles. The maximum Gasteiger partial charge on any atom is 0.305 e. The third-order valence-electron chi connectivity index (χ3n) is 4.23. The first-order valence-corrected chi connectivity index (χ1v) is 9.00. The van der Waals surface area contributed by atoms with Gasteiger partial charge < -0.3 is 15.2 Å². The van der Waals surface area contributed by atoms with Crippen molar-refractivity contribution in [3.05, 3.63) is 81.2 Å². The number of aromatic amines is 1. The second-order valence-corrected chi connectivity index (χ2v) is 6.66. The van der Waals surface area contributed by atoms with Crippen LogP contribution in [0.2, 0.25) is 5.02 Å². The van der Waals surface area contributed by atoms with E-state index in [1.165, 1.54) is 11.8 Å². The van der Waals surface area contributed by atoms with Crippen LogP contribution >= 0.6 is 11.6 Å². The first kappa shape index (κ1) is 20.2. The number of rotatable bonds is 7. The van der Waals surface area contributed by atoms with E-state index in [4.69, 9.17) is 16.3 Å². The second-order valence-electron chi connectivity index (χ2n) is 6.22. The molecule has 1 atom stereocenters. The lowest BCUT2D eigenvalue weighted by Crippen LogP contribution is -2.30. The van der Waals surface area contributed by atoms with E-state index in [2.05, 4.69) is 10.4 Å². The molecule has 1 aromatic heterocycles. The Morgan fingerprint density at radius 3 is 2.59 bits per heavy atom. The fraction of sp³-hybridized carbons (Fsp3) is 0.150. The summed E-state index contributed by atoms with van der Waals surface area (Å²) >= 11 is 5.85. The van der Waals surface area contributed by atoms with Crippen molar-refractivity contribution in [1.82, 2.24) is 15.1 Å². The minimum atomic E-state index is -1.08. The Kier molecular flexibility index (Phi) is 6.04. The number of methoxy groups -OCH3 is 1. The van der Waals surface area contributed by atoms with Crippen molar-refractivity contribution in [2.75, 3.05) is 7.11 Å². The van der Waals surface area contributed by atoms with E-state index >= 15 is 0 Å². The van der Waals surface area contributed by atoms with Crippen molar-refractivity contribution in [3.8, 4) is 11.4 Å². The van der Waals surface area contributed by atoms with Gasteiger partial charge in [0.15, 0.2) is 0 Å². The van der Waals surface area contributed by atoms with Crippen LogP contribution < -0.4 is 15.6 Å². The number of carboxylic acids is 1. The Labute approximate surface area is 170 Å². The van der Waals surface area contributed by atoms with Gasteiger partial charge in [-0.15, -0.1) is 0 Å². The number of H-pyrrole nitrogens is 1. The van der Waals surface area contributed by atoms with Crippen LogP contribution in [0.3, 0.4) is 0 Å². The largest absolute Gasteiger partial charge is 0.497 e. The molecule has 0 unspecified atom stereocenters. The van der Waals surface area contributed by atoms with Crippen molar-refractivity contribution in [3.63, 3.8) is 0 Å². The number of aromatic nitrogens is 2. The summed E-state index contributed by atoms with van der Waals surface area (Å²) in [4.78, 5) is 36.2. The first-order valence-electron chi connectivity index (χ1n) is 8.62. The molecule has 0 spiro atoms. The Morgan fingerprint density at radius 1 is 1.21 bits per heavy atom. The smallest absolute Gasteiger partial charge is 0.305 e. The predicted molar refractivity (Wildman–Crippen MR) is 107 cm³/mol. The molecule has 9 heteroatoms. The van der Waals surface area contributed by atoms with Gasteiger partial charge >= 0.3 is 5.97 Å². The number of halogens is 1. The van der Waals surface area contributed by atoms with E-state index in [0.717, 1.165) is 6.07 Å². The molecule has 1 heterocycles. The number of hydrogen-bond acceptors (Lipinski definition) is 4. The number of ether oxygens (including phenoxy) is 1. The lowest BCUT2D eigenvalue weighted by molar-refractivity contribution is -0.137. The minimum Gasteiger partial charge on any atom is -0.497 e. The van der Waals surface area contributed by atoms with Crippen LogP contribution in [0.1, 0.15) is 28.5 Å². The molecule has 0 aliphatic rings. The summed E-state index contributed by atoms with van der Waals surface area (Å²) in [5, 5.41) is 15.1. The van der Waals surface area contributed by atoms with Crippen LogP contribution in [-0.4, -0.2) is 33.9 Å². The highest BCUT2D eigenvalue weighted by Crippen LogP contribution is 2.22. The number of carboxylic acid groups (broad SMARTS) is 1. The van der Waals surface area contributed by atoms with E-state index in [1.807, 2.05) is 0 Å². The molecule has 8 nitrogen and oxygen atoms in total. The van der Waals surface area contributed by atoms with Gasteiger partial charge in [0.1, 0.15) is 11.4 Å². The Balaban J connectivity index is 1.86. The predicted octanol–water partition coefficient (Wildman–Crippen LogP) is 2.77. The molecule has 0 aliphatic heterocycles. The van der Waals surface area contributed by atoms with Gasteiger partial charge in [-0.3, -0.25) is 19.5 Å². The zero-order chi connectivity index (χ0) is 21.0. The summed E-state index contributed by atoms with van der Waals surface area (Å²) in [7, 11) is 1.49. The van der Waals surface area contributed by atoms with Gasteiger partial charge in [-0.05, 0) is 42.0 Å². The summed E-state index contributed by atoms with van der Waals surface area (Å²) in [6.07, 6.45) is -0.332. The van der Waals surface area contributed by atoms with E-state index in [9.17, 15) is 19.5 Å². The maximum atomic E-state index is 12.7. The average molecular weight is 416 g/mol. The van der Waals surface area contributed by atoms with Gasteiger partial charge in [-0.1, -0.05) is 23.7 Å². The molecular formula is C20H18ClN3O5. The van der Waals surface area contributed by atoms with Gasteiger partial charge in [-0.2, -0.15) is 0 Å². The number of nitrogens with one attached hydrogen (secondary N) is 2. The number of aliphatic carboxylic acids is 1. The summed E-state index contributed by atoms with van der Waals surface area (Å²) < 4.78 is 6.35. The third-order valence-corrected chi connectivity index (χ3v) is 4.48. The van der Waals surface area contributed by atoms with E-state index in [0.29, 0.717) is 22.0 Å². The second kappa shape index (κ2) is 8.66. The van der Waals surface area contributed by atoms with Gasteiger partial charge in [0.2, 0.25) is 0 Å². The van der Waals surface area contributed by atoms with Gasteiger partial charge in [-0.25, -0.2) is 4.68 Å². The van der Waals surface area contributed by atoms with Crippen LogP contribution in [0, 0.1) is 0 Å². The number of carbonyl (C=O) groups is 2. The van der Waals surface area contributed by atoms with Crippen molar-refractivity contribution in [1.29, 1.82) is 0 Å². The average Bonchev–Trinajstić information content (AvgIpc) is 3.09. The molecule has 29 heavy (non-hydrogen) atoms. The van der Waals surface area contributed by atoms with Crippen LogP contribution in [0.15, 0.2) is 59.4 Å². The standard InChI is InChI=1S/C20H18ClN3O5/c1-29-15-4-2-3-12(9-15)16(11-19(26)27)22-20(28)17-10-18(25)24(23-17)14-7-5-13(21)6-8-14/h2-10,16,23H,11H2,1H3,(H,22,28)(H,26,27)/t16-/m0/s1. The van der Waals surface area contributed by atoms with Crippen molar-refractivity contribution in [2.45, 2.75) is 12.5 Å². The normalized spacial score (nSPS) is 11.7. The molecule has 0 radical (unpaired) electrons. The first-order chi connectivity index (χ1) is 13.9. The molecule has 0 fully saturated rings. The summed E-state index contributed by atoms with van der Waals surface area (Å²) in [6.45, 7) is 0. The minimum absolute atomic E-state index is 0.00300. The van der Waals surface area contributed by atoms with Crippen LogP contribution in [0.4, 0.5) is 0 Å². The molecular weight excluding hydrogens is 398 g/mol. The lowest BCUT2D eigenvalue weighted by Gasteiger charge is -2.17. The number of amides is 1. The molecule has 0 aliphatic carbocycles. The molecule has 3 aromatic rings. The van der Waals surface area contributed by atoms with Crippen LogP contribution in [0.5, 0.6) is 5.75 Å². The monoisotopic (exact) mass is 415 g/mol. The van der Waals surface area contributed by atoms with E-state index < -0.39 is 23.5 Å². The summed E-state index contributed by atoms with van der Waals surface area (Å²) in [6, 6.07) is 13.6. The Bertz CT molecular complexity index is 1090. The number of carbonyl (C=O) groups excluding carboxylic acids is 1. The zero-order valence-corrected chi connectivity index (χ0v) is 16.1. The van der Waals surface area contributed by atoms with Crippen molar-refractivity contribution in [2.24, 2.45) is 0 Å². The quantitative estimate of drug-likeness (QED) is 0.549. The fourth-order valence-corrected chi connectivity index (χ4v) is 2.94. The summed E-state index contributed by atoms with van der Waals surface area (Å²) in [5.41, 5.74) is 0.643. The summed E-state index contributed by atoms with van der Waals surface area (Å²) in [5.74, 6) is -1.15. The zero-order valence-electron chi connectivity index (χ0n) is 15.4. The molecule has 3 N–H and O–H groups in total. The van der Waals surface area contributed by atoms with Crippen molar-refractivity contribution < 1.29 is 19.4 Å². The topological polar surface area (TPSA) is 113 Å². The highest BCUT2D eigenvalue weighted by atomic mass is 35.5. The highest BCUT2D eigenvalue weighted by Gasteiger charge is 2.21. The van der Waals surface area contributed by atoms with Crippen LogP contribution in [-0.2, 0) is 4.79 Å². The van der Waals surface area contributed by atoms with Crippen molar-refractivity contribution >= 4 is 23.5 Å². The Hall–Kier alpha value is -3.52. The van der Waals surface area contributed by atoms with Crippen LogP contribution in [0.25, 0.3) is 5.69 Å². The SMILES string of the molecule is COc1cccc([C@H](CC(=O)O)NC(=O)c2cc(=O)n(-c3ccc(Cl)cc3)[nH]2)c1. The van der Waals surface area contributed by atoms with Gasteiger partial charge in [0.25, 0.3) is 11.5 Å². The number of benzene rings is 2. The third kappa shape index (κ3) is 4.85. The van der Waals surface area contributed by atoms with Gasteiger partial charge in [0, 0.05) is 11.1 Å². The Morgan fingerprint density at radius 2 is 1.93 bits per heavy atom. The van der Waals surface area contributed by atoms with E-state index in [1.54, 1.807) is 48.5 Å².